The second-order valence-electron chi connectivity index (χ2n) is 4.82. The number of hydrazine groups is 1. The smallest absolute Gasteiger partial charge is 0.0521 e. The number of nitrogens with one attached hydrogen (secondary N) is 1. The number of hydrogen-bond acceptors (Lipinski definition) is 4. The maximum absolute atomic E-state index is 5.62. The Hall–Kier alpha value is -1.72. The van der Waals surface area contributed by atoms with Crippen molar-refractivity contribution in [2.75, 3.05) is 0 Å². The first-order valence-electron chi connectivity index (χ1n) is 6.60. The van der Waals surface area contributed by atoms with E-state index in [2.05, 4.69) is 33.8 Å². The van der Waals surface area contributed by atoms with Crippen LogP contribution in [0.4, 0.5) is 0 Å². The summed E-state index contributed by atoms with van der Waals surface area (Å²) in [6.45, 7) is 0. The molecule has 102 valence electrons. The Kier molecular flexibility index (Phi) is 5.06. The molecule has 1 atom stereocenters. The van der Waals surface area contributed by atoms with E-state index in [1.54, 1.807) is 0 Å². The molecule has 3 N–H and O–H groups in total. The van der Waals surface area contributed by atoms with Crippen LogP contribution in [0.15, 0.2) is 36.9 Å². The average Bonchev–Trinajstić information content (AvgIpc) is 2.86. The van der Waals surface area contributed by atoms with Crippen molar-refractivity contribution >= 4 is 0 Å². The number of aryl methyl sites for hydroxylation is 3. The van der Waals surface area contributed by atoms with E-state index in [9.17, 15) is 0 Å². The quantitative estimate of drug-likeness (QED) is 0.579. The minimum absolute atomic E-state index is 0.327. The largest absolute Gasteiger partial charge is 0.276 e. The zero-order valence-electron chi connectivity index (χ0n) is 11.3. The third-order valence-corrected chi connectivity index (χ3v) is 3.31. The van der Waals surface area contributed by atoms with E-state index < -0.39 is 0 Å². The number of nitrogens with two attached hydrogens (primary N) is 1. The summed E-state index contributed by atoms with van der Waals surface area (Å²) in [5.74, 6) is 5.62. The average molecular weight is 259 g/mol. The van der Waals surface area contributed by atoms with Crippen LogP contribution in [0.1, 0.15) is 24.0 Å². The highest BCUT2D eigenvalue weighted by atomic mass is 15.2. The zero-order chi connectivity index (χ0) is 13.5. The first-order chi connectivity index (χ1) is 9.28. The lowest BCUT2D eigenvalue weighted by Crippen LogP contribution is -2.35. The molecule has 0 aliphatic heterocycles. The van der Waals surface area contributed by atoms with Crippen molar-refractivity contribution < 1.29 is 0 Å². The summed E-state index contributed by atoms with van der Waals surface area (Å²) in [5.41, 5.74) is 5.47. The molecular formula is C14H21N5. The van der Waals surface area contributed by atoms with Crippen LogP contribution in [0.2, 0.25) is 0 Å². The predicted molar refractivity (Wildman–Crippen MR) is 75.2 cm³/mol. The SMILES string of the molecule is Cn1cc(CCC(CCc2ccncc2)NN)cn1. The van der Waals surface area contributed by atoms with Crippen molar-refractivity contribution in [3.8, 4) is 0 Å². The first kappa shape index (κ1) is 13.7. The van der Waals surface area contributed by atoms with E-state index in [-0.39, 0.29) is 0 Å². The Labute approximate surface area is 113 Å². The molecule has 0 bridgehead atoms. The maximum Gasteiger partial charge on any atom is 0.0521 e. The molecule has 5 nitrogen and oxygen atoms in total. The van der Waals surface area contributed by atoms with Crippen molar-refractivity contribution in [2.24, 2.45) is 12.9 Å². The topological polar surface area (TPSA) is 68.8 Å². The lowest BCUT2D eigenvalue weighted by atomic mass is 10.0. The number of nitrogens with zero attached hydrogens (tertiary/aromatic N) is 3. The molecule has 19 heavy (non-hydrogen) atoms. The van der Waals surface area contributed by atoms with E-state index in [1.165, 1.54) is 11.1 Å². The van der Waals surface area contributed by atoms with Gasteiger partial charge in [0.1, 0.15) is 0 Å². The molecular weight excluding hydrogens is 238 g/mol. The van der Waals surface area contributed by atoms with Gasteiger partial charge in [0.2, 0.25) is 0 Å². The highest BCUT2D eigenvalue weighted by Crippen LogP contribution is 2.09. The zero-order valence-corrected chi connectivity index (χ0v) is 11.3. The Morgan fingerprint density at radius 1 is 1.21 bits per heavy atom. The van der Waals surface area contributed by atoms with Gasteiger partial charge in [-0.25, -0.2) is 0 Å². The number of rotatable bonds is 7. The number of aromatic nitrogens is 3. The van der Waals surface area contributed by atoms with Gasteiger partial charge in [0.25, 0.3) is 0 Å². The molecule has 0 aliphatic rings. The van der Waals surface area contributed by atoms with Gasteiger partial charge in [0.05, 0.1) is 6.20 Å². The summed E-state index contributed by atoms with van der Waals surface area (Å²) < 4.78 is 1.83. The molecule has 1 unspecified atom stereocenters. The summed E-state index contributed by atoms with van der Waals surface area (Å²) in [6, 6.07) is 4.43. The lowest BCUT2D eigenvalue weighted by Gasteiger charge is -2.15. The molecule has 5 heteroatoms. The lowest BCUT2D eigenvalue weighted by molar-refractivity contribution is 0.464. The highest BCUT2D eigenvalue weighted by Gasteiger charge is 2.08. The molecule has 0 radical (unpaired) electrons. The summed E-state index contributed by atoms with van der Waals surface area (Å²) >= 11 is 0. The number of hydrogen-bond donors (Lipinski definition) is 2. The van der Waals surface area contributed by atoms with Gasteiger partial charge in [0.15, 0.2) is 0 Å². The monoisotopic (exact) mass is 259 g/mol. The normalized spacial score (nSPS) is 12.5. The Bertz CT molecular complexity index is 480. The minimum Gasteiger partial charge on any atom is -0.276 e. The van der Waals surface area contributed by atoms with E-state index >= 15 is 0 Å². The van der Waals surface area contributed by atoms with Crippen LogP contribution in [-0.4, -0.2) is 20.8 Å². The Balaban J connectivity index is 1.77. The van der Waals surface area contributed by atoms with Crippen molar-refractivity contribution in [1.82, 2.24) is 20.2 Å². The highest BCUT2D eigenvalue weighted by molar-refractivity contribution is 5.10. The molecule has 0 aliphatic carbocycles. The summed E-state index contributed by atoms with van der Waals surface area (Å²) in [5, 5.41) is 4.17. The predicted octanol–water partition coefficient (Wildman–Crippen LogP) is 1.21. The third kappa shape index (κ3) is 4.46. The second-order valence-corrected chi connectivity index (χ2v) is 4.82. The standard InChI is InChI=1S/C14H21N5/c1-19-11-13(10-17-19)3-5-14(18-15)4-2-12-6-8-16-9-7-12/h6-11,14,18H,2-5,15H2,1H3. The molecule has 0 saturated heterocycles. The van der Waals surface area contributed by atoms with E-state index in [0.29, 0.717) is 6.04 Å². The molecule has 0 saturated carbocycles. The van der Waals surface area contributed by atoms with Crippen LogP contribution in [0.5, 0.6) is 0 Å². The van der Waals surface area contributed by atoms with E-state index in [0.717, 1.165) is 25.7 Å². The van der Waals surface area contributed by atoms with Crippen LogP contribution in [0, 0.1) is 0 Å². The minimum atomic E-state index is 0.327. The fourth-order valence-corrected chi connectivity index (χ4v) is 2.14. The van der Waals surface area contributed by atoms with E-state index in [1.807, 2.05) is 30.3 Å². The fraction of sp³-hybridized carbons (Fsp3) is 0.429. The van der Waals surface area contributed by atoms with Gasteiger partial charge >= 0.3 is 0 Å². The van der Waals surface area contributed by atoms with Crippen molar-refractivity contribution in [3.63, 3.8) is 0 Å². The molecule has 0 spiro atoms. The van der Waals surface area contributed by atoms with Crippen LogP contribution < -0.4 is 11.3 Å². The fourth-order valence-electron chi connectivity index (χ4n) is 2.14. The molecule has 2 aromatic heterocycles. The van der Waals surface area contributed by atoms with Crippen LogP contribution in [0.3, 0.4) is 0 Å². The van der Waals surface area contributed by atoms with E-state index in [4.69, 9.17) is 5.84 Å². The van der Waals surface area contributed by atoms with Gasteiger partial charge in [-0.3, -0.25) is 20.9 Å². The van der Waals surface area contributed by atoms with Crippen molar-refractivity contribution in [1.29, 1.82) is 0 Å². The maximum atomic E-state index is 5.62. The first-order valence-corrected chi connectivity index (χ1v) is 6.60. The van der Waals surface area contributed by atoms with Gasteiger partial charge in [-0.05, 0) is 48.9 Å². The van der Waals surface area contributed by atoms with Crippen LogP contribution >= 0.6 is 0 Å². The molecule has 2 heterocycles. The van der Waals surface area contributed by atoms with Crippen molar-refractivity contribution in [2.45, 2.75) is 31.7 Å². The summed E-state index contributed by atoms with van der Waals surface area (Å²) in [7, 11) is 1.94. The molecule has 0 fully saturated rings. The van der Waals surface area contributed by atoms with Crippen molar-refractivity contribution in [3.05, 3.63) is 48.0 Å². The summed E-state index contributed by atoms with van der Waals surface area (Å²) in [6.07, 6.45) is 11.7. The Morgan fingerprint density at radius 3 is 2.47 bits per heavy atom. The third-order valence-electron chi connectivity index (χ3n) is 3.31. The number of pyridine rings is 1. The molecule has 0 aromatic carbocycles. The van der Waals surface area contributed by atoms with Gasteiger partial charge in [-0.2, -0.15) is 5.10 Å². The second kappa shape index (κ2) is 7.01. The molecule has 0 amide bonds. The van der Waals surface area contributed by atoms with Gasteiger partial charge < -0.3 is 0 Å². The van der Waals surface area contributed by atoms with Crippen LogP contribution in [0.25, 0.3) is 0 Å². The van der Waals surface area contributed by atoms with Gasteiger partial charge in [0, 0.05) is 31.7 Å². The molecule has 2 aromatic rings. The van der Waals surface area contributed by atoms with Gasteiger partial charge in [-0.1, -0.05) is 0 Å². The Morgan fingerprint density at radius 2 is 1.89 bits per heavy atom. The van der Waals surface area contributed by atoms with Gasteiger partial charge in [-0.15, -0.1) is 0 Å². The molecule has 2 rings (SSSR count). The summed E-state index contributed by atoms with van der Waals surface area (Å²) in [4.78, 5) is 4.02. The van der Waals surface area contributed by atoms with Crippen LogP contribution in [-0.2, 0) is 19.9 Å².